The van der Waals surface area contributed by atoms with E-state index in [1.54, 1.807) is 18.3 Å². The lowest BCUT2D eigenvalue weighted by Crippen LogP contribution is -2.31. The average molecular weight is 267 g/mol. The first-order chi connectivity index (χ1) is 8.60. The number of imidazole rings is 1. The third-order valence-electron chi connectivity index (χ3n) is 2.93. The molecule has 0 aromatic carbocycles. The molecule has 0 amide bonds. The minimum Gasteiger partial charge on any atom is -0.481 e. The summed E-state index contributed by atoms with van der Waals surface area (Å²) < 4.78 is 1.99. The van der Waals surface area contributed by atoms with E-state index in [1.807, 2.05) is 29.1 Å². The molecular formula is C12H17N3O2S. The van der Waals surface area contributed by atoms with Crippen LogP contribution < -0.4 is 0 Å². The van der Waals surface area contributed by atoms with Crippen LogP contribution in [0.1, 0.15) is 19.5 Å². The molecule has 0 aliphatic rings. The zero-order chi connectivity index (χ0) is 13.1. The van der Waals surface area contributed by atoms with E-state index in [-0.39, 0.29) is 5.92 Å². The van der Waals surface area contributed by atoms with Crippen molar-refractivity contribution in [3.8, 4) is 0 Å². The molecule has 5 nitrogen and oxygen atoms in total. The summed E-state index contributed by atoms with van der Waals surface area (Å²) in [5.41, 5.74) is 0.987. The second-order valence-corrected chi connectivity index (χ2v) is 5.27. The maximum absolute atomic E-state index is 10.9. The van der Waals surface area contributed by atoms with E-state index in [0.29, 0.717) is 13.1 Å². The van der Waals surface area contributed by atoms with Crippen molar-refractivity contribution in [2.24, 2.45) is 5.92 Å². The molecule has 2 aromatic rings. The Morgan fingerprint density at radius 2 is 2.44 bits per heavy atom. The number of carbonyl (C=O) groups is 1. The van der Waals surface area contributed by atoms with E-state index < -0.39 is 5.97 Å². The molecular weight excluding hydrogens is 250 g/mol. The Bertz CT molecular complexity index is 506. The number of aliphatic carboxylic acids is 1. The molecule has 2 rings (SSSR count). The van der Waals surface area contributed by atoms with E-state index in [0.717, 1.165) is 17.2 Å². The standard InChI is InChI=1S/C12H17N3O2S/c1-3-14(6-9(2)11(16)17)7-10-8-15-4-5-18-12(15)13-10/h4-5,8-9H,3,6-7H2,1-2H3,(H,16,17). The van der Waals surface area contributed by atoms with Crippen LogP contribution in [0.25, 0.3) is 4.96 Å². The van der Waals surface area contributed by atoms with Crippen molar-refractivity contribution in [1.29, 1.82) is 0 Å². The lowest BCUT2D eigenvalue weighted by molar-refractivity contribution is -0.141. The van der Waals surface area contributed by atoms with E-state index >= 15 is 0 Å². The Morgan fingerprint density at radius 3 is 3.06 bits per heavy atom. The van der Waals surface area contributed by atoms with Crippen molar-refractivity contribution in [3.05, 3.63) is 23.5 Å². The van der Waals surface area contributed by atoms with E-state index in [9.17, 15) is 4.79 Å². The van der Waals surface area contributed by atoms with Crippen LogP contribution in [0.5, 0.6) is 0 Å². The molecule has 0 aliphatic heterocycles. The highest BCUT2D eigenvalue weighted by molar-refractivity contribution is 7.15. The van der Waals surface area contributed by atoms with E-state index in [2.05, 4.69) is 9.88 Å². The zero-order valence-electron chi connectivity index (χ0n) is 10.5. The summed E-state index contributed by atoms with van der Waals surface area (Å²) in [6.45, 7) is 5.84. The number of thiazole rings is 1. The topological polar surface area (TPSA) is 57.8 Å². The highest BCUT2D eigenvalue weighted by Crippen LogP contribution is 2.13. The monoisotopic (exact) mass is 267 g/mol. The zero-order valence-corrected chi connectivity index (χ0v) is 11.4. The van der Waals surface area contributed by atoms with Gasteiger partial charge < -0.3 is 5.11 Å². The molecule has 1 N–H and O–H groups in total. The molecule has 0 saturated carbocycles. The van der Waals surface area contributed by atoms with Crippen molar-refractivity contribution < 1.29 is 9.90 Å². The Morgan fingerprint density at radius 1 is 1.67 bits per heavy atom. The van der Waals surface area contributed by atoms with Gasteiger partial charge in [-0.15, -0.1) is 11.3 Å². The molecule has 0 spiro atoms. The van der Waals surface area contributed by atoms with Gasteiger partial charge in [0.2, 0.25) is 0 Å². The second kappa shape index (κ2) is 5.49. The van der Waals surface area contributed by atoms with Crippen LogP contribution in [0.2, 0.25) is 0 Å². The van der Waals surface area contributed by atoms with Crippen molar-refractivity contribution in [1.82, 2.24) is 14.3 Å². The number of carboxylic acid groups (broad SMARTS) is 1. The van der Waals surface area contributed by atoms with Gasteiger partial charge in [-0.25, -0.2) is 4.98 Å². The van der Waals surface area contributed by atoms with Gasteiger partial charge in [-0.05, 0) is 6.54 Å². The van der Waals surface area contributed by atoms with Gasteiger partial charge in [0, 0.05) is 30.9 Å². The summed E-state index contributed by atoms with van der Waals surface area (Å²) >= 11 is 1.60. The molecule has 18 heavy (non-hydrogen) atoms. The van der Waals surface area contributed by atoms with Gasteiger partial charge in [-0.1, -0.05) is 13.8 Å². The molecule has 1 atom stereocenters. The first-order valence-corrected chi connectivity index (χ1v) is 6.84. The highest BCUT2D eigenvalue weighted by Gasteiger charge is 2.16. The average Bonchev–Trinajstić information content (AvgIpc) is 2.88. The smallest absolute Gasteiger partial charge is 0.307 e. The third-order valence-corrected chi connectivity index (χ3v) is 3.70. The Kier molecular flexibility index (Phi) is 3.98. The summed E-state index contributed by atoms with van der Waals surface area (Å²) in [5.74, 6) is -1.10. The number of nitrogens with zero attached hydrogens (tertiary/aromatic N) is 3. The molecule has 2 heterocycles. The molecule has 6 heteroatoms. The lowest BCUT2D eigenvalue weighted by atomic mass is 10.1. The predicted octanol–water partition coefficient (Wildman–Crippen LogP) is 1.94. The van der Waals surface area contributed by atoms with Crippen molar-refractivity contribution in [2.75, 3.05) is 13.1 Å². The number of hydrogen-bond acceptors (Lipinski definition) is 4. The molecule has 0 fully saturated rings. The van der Waals surface area contributed by atoms with Gasteiger partial charge in [-0.3, -0.25) is 14.1 Å². The third kappa shape index (κ3) is 2.88. The number of aromatic nitrogens is 2. The van der Waals surface area contributed by atoms with Crippen molar-refractivity contribution >= 4 is 22.3 Å². The summed E-state index contributed by atoms with van der Waals surface area (Å²) in [6.07, 6.45) is 3.98. The summed E-state index contributed by atoms with van der Waals surface area (Å²) in [4.78, 5) is 18.4. The summed E-state index contributed by atoms with van der Waals surface area (Å²) in [6, 6.07) is 0. The van der Waals surface area contributed by atoms with Gasteiger partial charge in [0.25, 0.3) is 0 Å². The minimum absolute atomic E-state index is 0.353. The molecule has 1 unspecified atom stereocenters. The SMILES string of the molecule is CCN(Cc1cn2ccsc2n1)CC(C)C(=O)O. The Labute approximate surface area is 110 Å². The van der Waals surface area contributed by atoms with Crippen LogP contribution in [0.3, 0.4) is 0 Å². The quantitative estimate of drug-likeness (QED) is 0.869. The van der Waals surface area contributed by atoms with Crippen LogP contribution in [0.15, 0.2) is 17.8 Å². The molecule has 0 bridgehead atoms. The Hall–Kier alpha value is -1.40. The second-order valence-electron chi connectivity index (χ2n) is 4.39. The first kappa shape index (κ1) is 13.0. The van der Waals surface area contributed by atoms with Gasteiger partial charge in [0.05, 0.1) is 11.6 Å². The number of fused-ring (bicyclic) bond motifs is 1. The molecule has 2 aromatic heterocycles. The number of rotatable bonds is 6. The fourth-order valence-corrected chi connectivity index (χ4v) is 2.57. The molecule has 0 aliphatic carbocycles. The maximum atomic E-state index is 10.9. The minimum atomic E-state index is -0.751. The van der Waals surface area contributed by atoms with Crippen molar-refractivity contribution in [3.63, 3.8) is 0 Å². The van der Waals surface area contributed by atoms with Gasteiger partial charge in [0.1, 0.15) is 0 Å². The maximum Gasteiger partial charge on any atom is 0.307 e. The van der Waals surface area contributed by atoms with Gasteiger partial charge in [0.15, 0.2) is 4.96 Å². The van der Waals surface area contributed by atoms with Crippen LogP contribution in [-0.4, -0.2) is 38.4 Å². The largest absolute Gasteiger partial charge is 0.481 e. The summed E-state index contributed by atoms with van der Waals surface area (Å²) in [5, 5.41) is 10.9. The molecule has 0 radical (unpaired) electrons. The molecule has 98 valence electrons. The van der Waals surface area contributed by atoms with Gasteiger partial charge >= 0.3 is 5.97 Å². The lowest BCUT2D eigenvalue weighted by Gasteiger charge is -2.21. The molecule has 0 saturated heterocycles. The normalized spacial score (nSPS) is 13.3. The predicted molar refractivity (Wildman–Crippen MR) is 70.8 cm³/mol. The van der Waals surface area contributed by atoms with Crippen LogP contribution in [0.4, 0.5) is 0 Å². The van der Waals surface area contributed by atoms with E-state index in [4.69, 9.17) is 5.11 Å². The fraction of sp³-hybridized carbons (Fsp3) is 0.500. The van der Waals surface area contributed by atoms with Crippen LogP contribution in [0, 0.1) is 5.92 Å². The Balaban J connectivity index is 2.01. The van der Waals surface area contributed by atoms with Crippen LogP contribution in [-0.2, 0) is 11.3 Å². The number of hydrogen-bond donors (Lipinski definition) is 1. The summed E-state index contributed by atoms with van der Waals surface area (Å²) in [7, 11) is 0. The van der Waals surface area contributed by atoms with E-state index in [1.165, 1.54) is 0 Å². The van der Waals surface area contributed by atoms with Gasteiger partial charge in [-0.2, -0.15) is 0 Å². The first-order valence-electron chi connectivity index (χ1n) is 5.96. The fourth-order valence-electron chi connectivity index (χ4n) is 1.85. The van der Waals surface area contributed by atoms with Crippen LogP contribution >= 0.6 is 11.3 Å². The number of carboxylic acids is 1. The van der Waals surface area contributed by atoms with Crippen molar-refractivity contribution in [2.45, 2.75) is 20.4 Å². The highest BCUT2D eigenvalue weighted by atomic mass is 32.1.